The number of nitrogens with zero attached hydrogens (tertiary/aromatic N) is 2. The van der Waals surface area contributed by atoms with Gasteiger partial charge >= 0.3 is 5.97 Å². The van der Waals surface area contributed by atoms with E-state index in [2.05, 4.69) is 5.10 Å². The highest BCUT2D eigenvalue weighted by Crippen LogP contribution is 2.26. The van der Waals surface area contributed by atoms with Crippen molar-refractivity contribution in [2.45, 2.75) is 6.92 Å². The molecule has 0 fully saturated rings. The molecular weight excluding hydrogens is 234 g/mol. The second-order valence-electron chi connectivity index (χ2n) is 3.85. The number of carboxylic acid groups (broad SMARTS) is 1. The largest absolute Gasteiger partial charge is 0.494 e. The van der Waals surface area contributed by atoms with Crippen LogP contribution in [0.2, 0.25) is 0 Å². The first-order chi connectivity index (χ1) is 8.52. The molecule has 2 aromatic rings. The van der Waals surface area contributed by atoms with Crippen LogP contribution >= 0.6 is 0 Å². The molecule has 0 unspecified atom stereocenters. The maximum atomic E-state index is 10.9. The zero-order chi connectivity index (χ0) is 13.3. The number of ether oxygens (including phenoxy) is 1. The first kappa shape index (κ1) is 12.0. The molecule has 1 aromatic heterocycles. The van der Waals surface area contributed by atoms with Crippen LogP contribution < -0.4 is 10.5 Å². The van der Waals surface area contributed by atoms with Crippen LogP contribution in [-0.2, 0) is 0 Å². The van der Waals surface area contributed by atoms with Crippen LogP contribution in [0, 0.1) is 6.92 Å². The summed E-state index contributed by atoms with van der Waals surface area (Å²) in [6.07, 6.45) is 0. The van der Waals surface area contributed by atoms with E-state index in [1.807, 2.05) is 19.1 Å². The van der Waals surface area contributed by atoms with Crippen molar-refractivity contribution < 1.29 is 14.6 Å². The summed E-state index contributed by atoms with van der Waals surface area (Å²) >= 11 is 0. The number of aromatic carboxylic acids is 1. The molecule has 0 radical (unpaired) electrons. The number of carboxylic acids is 1. The summed E-state index contributed by atoms with van der Waals surface area (Å²) in [7, 11) is 1.53. The number of hydrogen-bond donors (Lipinski definition) is 2. The van der Waals surface area contributed by atoms with Gasteiger partial charge in [0.2, 0.25) is 0 Å². The fourth-order valence-electron chi connectivity index (χ4n) is 1.66. The quantitative estimate of drug-likeness (QED) is 0.857. The summed E-state index contributed by atoms with van der Waals surface area (Å²) in [5.74, 6) is -0.296. The van der Waals surface area contributed by atoms with Crippen LogP contribution in [0.25, 0.3) is 5.69 Å². The summed E-state index contributed by atoms with van der Waals surface area (Å²) < 4.78 is 6.57. The van der Waals surface area contributed by atoms with Crippen molar-refractivity contribution >= 4 is 11.8 Å². The van der Waals surface area contributed by atoms with Gasteiger partial charge in [-0.3, -0.25) is 0 Å². The molecule has 0 atom stereocenters. The van der Waals surface area contributed by atoms with E-state index in [0.29, 0.717) is 11.4 Å². The molecule has 0 saturated heterocycles. The Morgan fingerprint density at radius 3 is 2.72 bits per heavy atom. The van der Waals surface area contributed by atoms with Crippen LogP contribution in [0.3, 0.4) is 0 Å². The Labute approximate surface area is 104 Å². The third-order valence-corrected chi connectivity index (χ3v) is 2.52. The van der Waals surface area contributed by atoms with Gasteiger partial charge in [-0.2, -0.15) is 5.10 Å². The third-order valence-electron chi connectivity index (χ3n) is 2.52. The lowest BCUT2D eigenvalue weighted by Gasteiger charge is -2.10. The number of methoxy groups -OCH3 is 1. The Kier molecular flexibility index (Phi) is 2.93. The second kappa shape index (κ2) is 4.40. The molecule has 94 valence electrons. The van der Waals surface area contributed by atoms with Gasteiger partial charge in [-0.1, -0.05) is 6.07 Å². The molecule has 3 N–H and O–H groups in total. The average Bonchev–Trinajstić information content (AvgIpc) is 2.71. The number of aryl methyl sites for hydroxylation is 1. The van der Waals surface area contributed by atoms with E-state index >= 15 is 0 Å². The van der Waals surface area contributed by atoms with E-state index in [0.717, 1.165) is 5.56 Å². The van der Waals surface area contributed by atoms with Gasteiger partial charge in [-0.05, 0) is 24.6 Å². The number of nitrogen functional groups attached to an aromatic ring is 1. The third kappa shape index (κ3) is 2.00. The van der Waals surface area contributed by atoms with Crippen molar-refractivity contribution in [1.82, 2.24) is 9.78 Å². The summed E-state index contributed by atoms with van der Waals surface area (Å²) in [5, 5.41) is 12.8. The van der Waals surface area contributed by atoms with E-state index in [-0.39, 0.29) is 11.5 Å². The minimum absolute atomic E-state index is 0.101. The Bertz CT molecular complexity index is 605. The summed E-state index contributed by atoms with van der Waals surface area (Å²) in [6, 6.07) is 6.81. The monoisotopic (exact) mass is 247 g/mol. The molecule has 0 amide bonds. The van der Waals surface area contributed by atoms with Crippen LogP contribution in [0.4, 0.5) is 5.82 Å². The van der Waals surface area contributed by atoms with Crippen molar-refractivity contribution in [3.63, 3.8) is 0 Å². The van der Waals surface area contributed by atoms with Gasteiger partial charge in [0.25, 0.3) is 0 Å². The molecule has 18 heavy (non-hydrogen) atoms. The van der Waals surface area contributed by atoms with Crippen molar-refractivity contribution in [1.29, 1.82) is 0 Å². The lowest BCUT2D eigenvalue weighted by Crippen LogP contribution is -2.05. The van der Waals surface area contributed by atoms with Gasteiger partial charge in [0, 0.05) is 6.07 Å². The molecule has 0 aliphatic rings. The maximum Gasteiger partial charge on any atom is 0.356 e. The van der Waals surface area contributed by atoms with Crippen LogP contribution in [0.1, 0.15) is 16.1 Å². The summed E-state index contributed by atoms with van der Waals surface area (Å²) in [6.45, 7) is 1.92. The zero-order valence-corrected chi connectivity index (χ0v) is 10.0. The van der Waals surface area contributed by atoms with Gasteiger partial charge in [0.05, 0.1) is 7.11 Å². The van der Waals surface area contributed by atoms with Gasteiger partial charge in [0.1, 0.15) is 17.3 Å². The Morgan fingerprint density at radius 1 is 1.44 bits per heavy atom. The molecule has 0 aliphatic heterocycles. The molecule has 0 spiro atoms. The smallest absolute Gasteiger partial charge is 0.356 e. The number of nitrogens with two attached hydrogens (primary N) is 1. The fourth-order valence-corrected chi connectivity index (χ4v) is 1.66. The Morgan fingerprint density at radius 2 is 2.17 bits per heavy atom. The standard InChI is InChI=1S/C12H13N3O3/c1-7-3-4-10(18-2)9(5-7)15-11(13)6-8(14-15)12(16)17/h3-6H,13H2,1-2H3,(H,16,17). The van der Waals surface area contributed by atoms with Gasteiger partial charge in [-0.15, -0.1) is 0 Å². The fraction of sp³-hybridized carbons (Fsp3) is 0.167. The first-order valence-electron chi connectivity index (χ1n) is 5.26. The topological polar surface area (TPSA) is 90.4 Å². The Balaban J connectivity index is 2.60. The predicted octanol–water partition coefficient (Wildman–Crippen LogP) is 1.47. The minimum Gasteiger partial charge on any atom is -0.494 e. The van der Waals surface area contributed by atoms with Crippen molar-refractivity contribution in [3.8, 4) is 11.4 Å². The molecular formula is C12H13N3O3. The van der Waals surface area contributed by atoms with Crippen LogP contribution in [-0.4, -0.2) is 28.0 Å². The van der Waals surface area contributed by atoms with E-state index in [1.165, 1.54) is 17.9 Å². The second-order valence-corrected chi connectivity index (χ2v) is 3.85. The summed E-state index contributed by atoms with van der Waals surface area (Å²) in [5.41, 5.74) is 7.28. The predicted molar refractivity (Wildman–Crippen MR) is 66.2 cm³/mol. The van der Waals surface area contributed by atoms with Crippen molar-refractivity contribution in [2.24, 2.45) is 0 Å². The van der Waals surface area contributed by atoms with Gasteiger partial charge in [-0.25, -0.2) is 9.48 Å². The highest BCUT2D eigenvalue weighted by atomic mass is 16.5. The molecule has 0 saturated carbocycles. The molecule has 6 heteroatoms. The van der Waals surface area contributed by atoms with Gasteiger partial charge < -0.3 is 15.6 Å². The maximum absolute atomic E-state index is 10.9. The zero-order valence-electron chi connectivity index (χ0n) is 10.0. The number of anilines is 1. The molecule has 2 rings (SSSR count). The van der Waals surface area contributed by atoms with E-state index in [1.54, 1.807) is 6.07 Å². The Hall–Kier alpha value is -2.50. The number of benzene rings is 1. The molecule has 6 nitrogen and oxygen atoms in total. The molecule has 1 aromatic carbocycles. The van der Waals surface area contributed by atoms with Crippen LogP contribution in [0.5, 0.6) is 5.75 Å². The summed E-state index contributed by atoms with van der Waals surface area (Å²) in [4.78, 5) is 10.9. The number of hydrogen-bond acceptors (Lipinski definition) is 4. The van der Waals surface area contributed by atoms with Crippen LogP contribution in [0.15, 0.2) is 24.3 Å². The molecule has 0 aliphatic carbocycles. The van der Waals surface area contributed by atoms with Gasteiger partial charge in [0.15, 0.2) is 5.69 Å². The minimum atomic E-state index is -1.12. The van der Waals surface area contributed by atoms with E-state index in [4.69, 9.17) is 15.6 Å². The highest BCUT2D eigenvalue weighted by Gasteiger charge is 2.15. The number of carbonyl (C=O) groups is 1. The van der Waals surface area contributed by atoms with E-state index < -0.39 is 5.97 Å². The SMILES string of the molecule is COc1ccc(C)cc1-n1nc(C(=O)O)cc1N. The average molecular weight is 247 g/mol. The lowest BCUT2D eigenvalue weighted by molar-refractivity contribution is 0.0690. The number of aromatic nitrogens is 2. The first-order valence-corrected chi connectivity index (χ1v) is 5.26. The lowest BCUT2D eigenvalue weighted by atomic mass is 10.2. The van der Waals surface area contributed by atoms with Crippen molar-refractivity contribution in [3.05, 3.63) is 35.5 Å². The van der Waals surface area contributed by atoms with E-state index in [9.17, 15) is 4.79 Å². The highest BCUT2D eigenvalue weighted by molar-refractivity contribution is 5.86. The van der Waals surface area contributed by atoms with Crippen molar-refractivity contribution in [2.75, 3.05) is 12.8 Å². The molecule has 0 bridgehead atoms. The molecule has 1 heterocycles. The number of rotatable bonds is 3. The normalized spacial score (nSPS) is 10.3.